The number of carbonyl (C=O) groups excluding carboxylic acids is 2. The lowest BCUT2D eigenvalue weighted by atomic mass is 10.0. The summed E-state index contributed by atoms with van der Waals surface area (Å²) >= 11 is 12.7. The van der Waals surface area contributed by atoms with Crippen molar-refractivity contribution in [1.29, 1.82) is 0 Å². The third kappa shape index (κ3) is 8.22. The second-order valence-corrected chi connectivity index (χ2v) is 14.1. The van der Waals surface area contributed by atoms with E-state index in [1.165, 1.54) is 68.6 Å². The van der Waals surface area contributed by atoms with Crippen LogP contribution in [-0.4, -0.2) is 63.6 Å². The second kappa shape index (κ2) is 15.1. The number of ether oxygens (including phenoxy) is 4. The number of nitrogens with zero attached hydrogens (tertiary/aromatic N) is 3. The van der Waals surface area contributed by atoms with Gasteiger partial charge >= 0.3 is 12.6 Å². The summed E-state index contributed by atoms with van der Waals surface area (Å²) in [5.74, 6) is -1.50. The van der Waals surface area contributed by atoms with Gasteiger partial charge in [0.15, 0.2) is 23.9 Å². The maximum atomic E-state index is 13.9. The summed E-state index contributed by atoms with van der Waals surface area (Å²) < 4.78 is 76.8. The zero-order valence-corrected chi connectivity index (χ0v) is 29.2. The Bertz CT molecular complexity index is 2000. The van der Waals surface area contributed by atoms with Crippen molar-refractivity contribution in [2.24, 2.45) is 5.92 Å². The number of esters is 1. The van der Waals surface area contributed by atoms with Crippen LogP contribution in [0.15, 0.2) is 72.0 Å². The van der Waals surface area contributed by atoms with Crippen molar-refractivity contribution in [3.8, 4) is 17.2 Å². The normalized spacial score (nSPS) is 13.5. The largest absolute Gasteiger partial charge is 0.619 e. The lowest BCUT2D eigenvalue weighted by molar-refractivity contribution is -0.605. The summed E-state index contributed by atoms with van der Waals surface area (Å²) in [5.41, 5.74) is 0.0207. The van der Waals surface area contributed by atoms with Gasteiger partial charge in [0.05, 0.1) is 24.2 Å². The number of benzene rings is 2. The molecule has 4 aromatic rings. The smallest absolute Gasteiger partial charge is 0.387 e. The Hall–Kier alpha value is -4.60. The standard InChI is InChI=1S/C33H31Cl2F2N3O9S/c1-38(2)31(41)23-14-21(9-11-27(23)46-3)50(44,45)40-12-4-5-26(40)32(42)48-29(15-22-24(34)16-39(43)17-25(22)35)20-8-10-28(49-33(36)37)30(13-20)47-18-19-6-7-19/h4-5,8-14,16-17,19,29,33H,6-7,15,18H2,1-3H3/t29-/m0/s1. The van der Waals surface area contributed by atoms with Crippen molar-refractivity contribution in [3.05, 3.63) is 105 Å². The summed E-state index contributed by atoms with van der Waals surface area (Å²) in [7, 11) is -0.161. The molecule has 0 N–H and O–H groups in total. The Labute approximate surface area is 296 Å². The maximum absolute atomic E-state index is 13.9. The minimum Gasteiger partial charge on any atom is -0.619 e. The number of rotatable bonds is 14. The molecule has 2 aromatic heterocycles. The zero-order valence-electron chi connectivity index (χ0n) is 26.8. The second-order valence-electron chi connectivity index (χ2n) is 11.5. The van der Waals surface area contributed by atoms with Crippen molar-refractivity contribution in [2.45, 2.75) is 36.9 Å². The van der Waals surface area contributed by atoms with E-state index in [4.69, 9.17) is 37.4 Å². The Balaban J connectivity index is 1.53. The Kier molecular flexibility index (Phi) is 11.1. The average molecular weight is 755 g/mol. The van der Waals surface area contributed by atoms with Gasteiger partial charge in [-0.2, -0.15) is 13.5 Å². The lowest BCUT2D eigenvalue weighted by Crippen LogP contribution is -2.26. The van der Waals surface area contributed by atoms with Crippen LogP contribution < -0.4 is 18.9 Å². The summed E-state index contributed by atoms with van der Waals surface area (Å²) in [4.78, 5) is 27.6. The lowest BCUT2D eigenvalue weighted by Gasteiger charge is -2.22. The SMILES string of the molecule is COc1ccc(S(=O)(=O)n2cccc2C(=O)O[C@@H](Cc2c(Cl)c[n+]([O-])cc2Cl)c2ccc(OC(F)F)c(OCC3CC3)c2)cc1C(=O)N(C)C. The number of amides is 1. The average Bonchev–Trinajstić information content (AvgIpc) is 3.75. The van der Waals surface area contributed by atoms with Crippen molar-refractivity contribution in [3.63, 3.8) is 0 Å². The van der Waals surface area contributed by atoms with Crippen LogP contribution in [-0.2, 0) is 21.2 Å². The molecular weight excluding hydrogens is 723 g/mol. The van der Waals surface area contributed by atoms with Gasteiger partial charge < -0.3 is 29.1 Å². The molecule has 1 aliphatic carbocycles. The number of aromatic nitrogens is 2. The van der Waals surface area contributed by atoms with E-state index in [0.717, 1.165) is 37.5 Å². The van der Waals surface area contributed by atoms with Crippen molar-refractivity contribution < 1.29 is 50.5 Å². The Morgan fingerprint density at radius 1 is 1.04 bits per heavy atom. The molecule has 0 aliphatic heterocycles. The van der Waals surface area contributed by atoms with E-state index in [2.05, 4.69) is 4.74 Å². The van der Waals surface area contributed by atoms with Gasteiger partial charge in [0.25, 0.3) is 15.9 Å². The fourth-order valence-electron chi connectivity index (χ4n) is 4.95. The molecule has 2 aromatic carbocycles. The monoisotopic (exact) mass is 753 g/mol. The van der Waals surface area contributed by atoms with Gasteiger partial charge in [-0.05, 0) is 66.8 Å². The Morgan fingerprint density at radius 3 is 2.34 bits per heavy atom. The molecule has 17 heteroatoms. The number of methoxy groups -OCH3 is 1. The zero-order chi connectivity index (χ0) is 36.3. The molecule has 0 saturated heterocycles. The van der Waals surface area contributed by atoms with E-state index in [1.54, 1.807) is 0 Å². The third-order valence-electron chi connectivity index (χ3n) is 7.71. The molecule has 266 valence electrons. The fraction of sp³-hybridized carbons (Fsp3) is 0.303. The van der Waals surface area contributed by atoms with Crippen LogP contribution in [0.3, 0.4) is 0 Å². The van der Waals surface area contributed by atoms with Gasteiger partial charge in [0.2, 0.25) is 0 Å². The quantitative estimate of drug-likeness (QED) is 0.0874. The predicted octanol–water partition coefficient (Wildman–Crippen LogP) is 5.91. The van der Waals surface area contributed by atoms with Gasteiger partial charge in [0.1, 0.15) is 27.6 Å². The van der Waals surface area contributed by atoms with E-state index in [-0.39, 0.29) is 67.8 Å². The molecule has 50 heavy (non-hydrogen) atoms. The number of pyridine rings is 1. The van der Waals surface area contributed by atoms with Gasteiger partial charge in [-0.25, -0.2) is 17.2 Å². The van der Waals surface area contributed by atoms with Crippen LogP contribution >= 0.6 is 23.2 Å². The summed E-state index contributed by atoms with van der Waals surface area (Å²) in [6.07, 6.45) is 3.59. The topological polar surface area (TPSA) is 140 Å². The first-order valence-corrected chi connectivity index (χ1v) is 17.2. The highest BCUT2D eigenvalue weighted by Gasteiger charge is 2.30. The van der Waals surface area contributed by atoms with Gasteiger partial charge in [0, 0.05) is 32.3 Å². The predicted molar refractivity (Wildman–Crippen MR) is 177 cm³/mol. The summed E-state index contributed by atoms with van der Waals surface area (Å²) in [5, 5.41) is 11.8. The number of hydrogen-bond acceptors (Lipinski definition) is 9. The highest BCUT2D eigenvalue weighted by molar-refractivity contribution is 7.90. The molecule has 1 aliphatic rings. The molecule has 1 saturated carbocycles. The fourth-order valence-corrected chi connectivity index (χ4v) is 6.91. The number of hydrogen-bond donors (Lipinski definition) is 0. The van der Waals surface area contributed by atoms with E-state index < -0.39 is 40.3 Å². The molecular formula is C33H31Cl2F2N3O9S. The number of halogens is 4. The van der Waals surface area contributed by atoms with Crippen LogP contribution in [0.2, 0.25) is 10.0 Å². The highest BCUT2D eigenvalue weighted by atomic mass is 35.5. The van der Waals surface area contributed by atoms with Crippen LogP contribution in [0, 0.1) is 11.1 Å². The van der Waals surface area contributed by atoms with Crippen LogP contribution in [0.4, 0.5) is 8.78 Å². The van der Waals surface area contributed by atoms with Crippen LogP contribution in [0.5, 0.6) is 17.2 Å². The van der Waals surface area contributed by atoms with Crippen molar-refractivity contribution >= 4 is 45.1 Å². The third-order valence-corrected chi connectivity index (χ3v) is 10.0. The van der Waals surface area contributed by atoms with E-state index in [9.17, 15) is 32.0 Å². The summed E-state index contributed by atoms with van der Waals surface area (Å²) in [6.45, 7) is -2.90. The molecule has 1 fully saturated rings. The minimum absolute atomic E-state index is 0.0232. The van der Waals surface area contributed by atoms with Crippen molar-refractivity contribution in [2.75, 3.05) is 27.8 Å². The highest BCUT2D eigenvalue weighted by Crippen LogP contribution is 2.38. The van der Waals surface area contributed by atoms with E-state index in [1.807, 2.05) is 0 Å². The maximum Gasteiger partial charge on any atom is 0.387 e. The molecule has 5 rings (SSSR count). The first kappa shape index (κ1) is 36.7. The van der Waals surface area contributed by atoms with Gasteiger partial charge in [-0.3, -0.25) is 4.79 Å². The van der Waals surface area contributed by atoms with E-state index >= 15 is 0 Å². The number of alkyl halides is 2. The number of carbonyl (C=O) groups is 2. The van der Waals surface area contributed by atoms with Crippen molar-refractivity contribution in [1.82, 2.24) is 8.87 Å². The molecule has 0 radical (unpaired) electrons. The van der Waals surface area contributed by atoms with Crippen LogP contribution in [0.25, 0.3) is 0 Å². The van der Waals surface area contributed by atoms with Gasteiger partial charge in [-0.1, -0.05) is 29.3 Å². The molecule has 12 nitrogen and oxygen atoms in total. The molecule has 1 atom stereocenters. The Morgan fingerprint density at radius 2 is 1.72 bits per heavy atom. The molecule has 1 amide bonds. The molecule has 0 spiro atoms. The van der Waals surface area contributed by atoms with Gasteiger partial charge in [-0.15, -0.1) is 0 Å². The minimum atomic E-state index is -4.49. The van der Waals surface area contributed by atoms with E-state index in [0.29, 0.717) is 8.70 Å². The first-order valence-electron chi connectivity index (χ1n) is 15.0. The molecule has 2 heterocycles. The van der Waals surface area contributed by atoms with Crippen LogP contribution in [0.1, 0.15) is 50.9 Å². The summed E-state index contributed by atoms with van der Waals surface area (Å²) in [6, 6.07) is 10.2. The first-order chi connectivity index (χ1) is 23.7. The molecule has 0 unspecified atom stereocenters. The molecule has 0 bridgehead atoms.